The lowest BCUT2D eigenvalue weighted by molar-refractivity contribution is -0.124. The highest BCUT2D eigenvalue weighted by molar-refractivity contribution is 7.89. The average molecular weight is 265 g/mol. The van der Waals surface area contributed by atoms with E-state index in [0.717, 1.165) is 6.54 Å². The molecule has 1 aliphatic rings. The van der Waals surface area contributed by atoms with Gasteiger partial charge in [0, 0.05) is 19.6 Å². The number of nitrogens with one attached hydrogen (secondary N) is 3. The summed E-state index contributed by atoms with van der Waals surface area (Å²) in [5.74, 6) is -0.302. The largest absolute Gasteiger partial charge is 0.375 e. The normalized spacial score (nSPS) is 21.1. The first-order chi connectivity index (χ1) is 8.03. The summed E-state index contributed by atoms with van der Waals surface area (Å²) in [5.41, 5.74) is 0. The third-order valence-electron chi connectivity index (χ3n) is 2.42. The van der Waals surface area contributed by atoms with Gasteiger partial charge >= 0.3 is 0 Å². The van der Waals surface area contributed by atoms with Gasteiger partial charge in [-0.25, -0.2) is 13.1 Å². The lowest BCUT2D eigenvalue weighted by Crippen LogP contribution is -2.42. The van der Waals surface area contributed by atoms with Crippen molar-refractivity contribution >= 4 is 15.9 Å². The van der Waals surface area contributed by atoms with E-state index in [1.165, 1.54) is 7.05 Å². The molecule has 0 radical (unpaired) electrons. The number of sulfonamides is 1. The van der Waals surface area contributed by atoms with Crippen LogP contribution >= 0.6 is 0 Å². The van der Waals surface area contributed by atoms with Crippen LogP contribution in [0.5, 0.6) is 0 Å². The SMILES string of the molecule is CNS(=O)(=O)CCNC(=O)CC1CNCCO1. The van der Waals surface area contributed by atoms with E-state index in [2.05, 4.69) is 15.4 Å². The van der Waals surface area contributed by atoms with Gasteiger partial charge < -0.3 is 15.4 Å². The summed E-state index contributed by atoms with van der Waals surface area (Å²) in [7, 11) is -1.91. The van der Waals surface area contributed by atoms with Crippen LogP contribution in [0, 0.1) is 0 Å². The molecule has 8 heteroatoms. The Morgan fingerprint density at radius 1 is 1.53 bits per heavy atom. The first-order valence-electron chi connectivity index (χ1n) is 5.54. The van der Waals surface area contributed by atoms with Crippen molar-refractivity contribution in [2.45, 2.75) is 12.5 Å². The topological polar surface area (TPSA) is 96.5 Å². The molecule has 0 aromatic rings. The first kappa shape index (κ1) is 14.4. The summed E-state index contributed by atoms with van der Waals surface area (Å²) in [6, 6.07) is 0. The number of carbonyl (C=O) groups is 1. The fourth-order valence-corrected chi connectivity index (χ4v) is 2.03. The number of carbonyl (C=O) groups excluding carboxylic acids is 1. The van der Waals surface area contributed by atoms with Crippen LogP contribution in [0.1, 0.15) is 6.42 Å². The molecule has 0 spiro atoms. The Bertz CT molecular complexity index is 338. The van der Waals surface area contributed by atoms with Crippen molar-refractivity contribution in [1.29, 1.82) is 0 Å². The van der Waals surface area contributed by atoms with E-state index in [4.69, 9.17) is 4.74 Å². The second-order valence-corrected chi connectivity index (χ2v) is 5.82. The maximum absolute atomic E-state index is 11.5. The Morgan fingerprint density at radius 2 is 2.29 bits per heavy atom. The molecule has 17 heavy (non-hydrogen) atoms. The average Bonchev–Trinajstić information content (AvgIpc) is 2.30. The number of hydrogen-bond acceptors (Lipinski definition) is 5. The lowest BCUT2D eigenvalue weighted by atomic mass is 10.2. The zero-order valence-electron chi connectivity index (χ0n) is 9.86. The molecule has 3 N–H and O–H groups in total. The van der Waals surface area contributed by atoms with Crippen LogP contribution in [0.25, 0.3) is 0 Å². The zero-order chi connectivity index (χ0) is 12.7. The molecule has 0 aliphatic carbocycles. The van der Waals surface area contributed by atoms with Crippen LogP contribution in [-0.2, 0) is 19.6 Å². The van der Waals surface area contributed by atoms with Crippen molar-refractivity contribution in [2.24, 2.45) is 0 Å². The van der Waals surface area contributed by atoms with E-state index in [1.54, 1.807) is 0 Å². The Hall–Kier alpha value is -0.700. The van der Waals surface area contributed by atoms with Crippen LogP contribution in [0.4, 0.5) is 0 Å². The van der Waals surface area contributed by atoms with E-state index >= 15 is 0 Å². The number of morpholine rings is 1. The van der Waals surface area contributed by atoms with E-state index < -0.39 is 10.0 Å². The maximum Gasteiger partial charge on any atom is 0.222 e. The molecule has 1 aliphatic heterocycles. The van der Waals surface area contributed by atoms with Gasteiger partial charge in [0.25, 0.3) is 0 Å². The summed E-state index contributed by atoms with van der Waals surface area (Å²) in [6.45, 7) is 2.18. The predicted molar refractivity (Wildman–Crippen MR) is 63.1 cm³/mol. The van der Waals surface area contributed by atoms with Gasteiger partial charge in [-0.1, -0.05) is 0 Å². The molecule has 1 amide bonds. The van der Waals surface area contributed by atoms with Gasteiger partial charge in [0.2, 0.25) is 15.9 Å². The van der Waals surface area contributed by atoms with Crippen molar-refractivity contribution < 1.29 is 17.9 Å². The Balaban J connectivity index is 2.16. The highest BCUT2D eigenvalue weighted by Crippen LogP contribution is 2.00. The van der Waals surface area contributed by atoms with Crippen LogP contribution in [-0.4, -0.2) is 59.5 Å². The minimum absolute atomic E-state index is 0.112. The summed E-state index contributed by atoms with van der Waals surface area (Å²) in [4.78, 5) is 11.5. The van der Waals surface area contributed by atoms with E-state index in [9.17, 15) is 13.2 Å². The quantitative estimate of drug-likeness (QED) is 0.518. The molecular formula is C9H19N3O4S. The number of amides is 1. The van der Waals surface area contributed by atoms with E-state index in [1.807, 2.05) is 0 Å². The number of rotatable bonds is 6. The van der Waals surface area contributed by atoms with E-state index in [-0.39, 0.29) is 30.7 Å². The van der Waals surface area contributed by atoms with Gasteiger partial charge in [-0.2, -0.15) is 0 Å². The monoisotopic (exact) mass is 265 g/mol. The van der Waals surface area contributed by atoms with Gasteiger partial charge in [-0.05, 0) is 7.05 Å². The second kappa shape index (κ2) is 6.90. The highest BCUT2D eigenvalue weighted by Gasteiger charge is 2.17. The minimum Gasteiger partial charge on any atom is -0.375 e. The second-order valence-electron chi connectivity index (χ2n) is 3.77. The van der Waals surface area contributed by atoms with Crippen LogP contribution in [0.2, 0.25) is 0 Å². The van der Waals surface area contributed by atoms with E-state index in [0.29, 0.717) is 13.2 Å². The van der Waals surface area contributed by atoms with Crippen LogP contribution in [0.3, 0.4) is 0 Å². The molecule has 1 atom stereocenters. The molecule has 0 aromatic carbocycles. The van der Waals surface area contributed by atoms with Gasteiger partial charge in [0.05, 0.1) is 24.9 Å². The number of hydrogen-bond donors (Lipinski definition) is 3. The summed E-state index contributed by atoms with van der Waals surface area (Å²) < 4.78 is 29.7. The van der Waals surface area contributed by atoms with Crippen LogP contribution < -0.4 is 15.4 Å². The molecule has 1 fully saturated rings. The summed E-state index contributed by atoms with van der Waals surface area (Å²) in [5, 5.41) is 5.67. The Labute approximate surface area is 101 Å². The third kappa shape index (κ3) is 5.97. The molecule has 0 bridgehead atoms. The molecular weight excluding hydrogens is 246 g/mol. The molecule has 1 saturated heterocycles. The highest BCUT2D eigenvalue weighted by atomic mass is 32.2. The molecule has 7 nitrogen and oxygen atoms in total. The fourth-order valence-electron chi connectivity index (χ4n) is 1.46. The first-order valence-corrected chi connectivity index (χ1v) is 7.19. The standard InChI is InChI=1S/C9H19N3O4S/c1-10-17(14,15)5-3-12-9(13)6-8-7-11-2-4-16-8/h8,10-11H,2-7H2,1H3,(H,12,13). The number of ether oxygens (including phenoxy) is 1. The zero-order valence-corrected chi connectivity index (χ0v) is 10.7. The minimum atomic E-state index is -3.26. The fraction of sp³-hybridized carbons (Fsp3) is 0.889. The molecule has 1 unspecified atom stereocenters. The van der Waals surface area contributed by atoms with Gasteiger partial charge in [0.15, 0.2) is 0 Å². The van der Waals surface area contributed by atoms with Gasteiger partial charge in [0.1, 0.15) is 0 Å². The smallest absolute Gasteiger partial charge is 0.222 e. The van der Waals surface area contributed by atoms with Crippen molar-refractivity contribution in [3.63, 3.8) is 0 Å². The van der Waals surface area contributed by atoms with Gasteiger partial charge in [-0.3, -0.25) is 4.79 Å². The third-order valence-corrected chi connectivity index (χ3v) is 3.79. The van der Waals surface area contributed by atoms with Gasteiger partial charge in [-0.15, -0.1) is 0 Å². The van der Waals surface area contributed by atoms with Crippen molar-refractivity contribution in [3.05, 3.63) is 0 Å². The lowest BCUT2D eigenvalue weighted by Gasteiger charge is -2.22. The molecule has 0 saturated carbocycles. The summed E-state index contributed by atoms with van der Waals surface area (Å²) >= 11 is 0. The van der Waals surface area contributed by atoms with Crippen molar-refractivity contribution in [3.8, 4) is 0 Å². The maximum atomic E-state index is 11.5. The molecule has 0 aromatic heterocycles. The predicted octanol–water partition coefficient (Wildman–Crippen LogP) is -1.97. The van der Waals surface area contributed by atoms with Crippen molar-refractivity contribution in [1.82, 2.24) is 15.4 Å². The Kier molecular flexibility index (Phi) is 5.83. The molecule has 1 rings (SSSR count). The van der Waals surface area contributed by atoms with Crippen LogP contribution in [0.15, 0.2) is 0 Å². The molecule has 1 heterocycles. The Morgan fingerprint density at radius 3 is 2.88 bits per heavy atom. The molecule has 100 valence electrons. The summed E-state index contributed by atoms with van der Waals surface area (Å²) in [6.07, 6.45) is 0.136. The van der Waals surface area contributed by atoms with Crippen molar-refractivity contribution in [2.75, 3.05) is 39.0 Å².